The summed E-state index contributed by atoms with van der Waals surface area (Å²) in [7, 11) is 1.71. The van der Waals surface area contributed by atoms with E-state index in [4.69, 9.17) is 4.74 Å². The van der Waals surface area contributed by atoms with Crippen molar-refractivity contribution in [2.45, 2.75) is 10.3 Å². The Kier molecular flexibility index (Phi) is 1.79. The largest absolute Gasteiger partial charge is 0.497 e. The van der Waals surface area contributed by atoms with Crippen LogP contribution in [0.25, 0.3) is 0 Å². The Balaban J connectivity index is 2.40. The van der Waals surface area contributed by atoms with Crippen LogP contribution in [-0.4, -0.2) is 7.11 Å². The summed E-state index contributed by atoms with van der Waals surface area (Å²) < 4.78 is 5.84. The molecule has 0 amide bonds. The van der Waals surface area contributed by atoms with E-state index in [-0.39, 0.29) is 0 Å². The normalized spacial score (nSPS) is 20.4. The summed E-state index contributed by atoms with van der Waals surface area (Å²) in [5.74, 6) is 0.977. The van der Waals surface area contributed by atoms with Crippen LogP contribution in [0.15, 0.2) is 18.2 Å². The van der Waals surface area contributed by atoms with Crippen molar-refractivity contribution < 1.29 is 4.74 Å². The van der Waals surface area contributed by atoms with Crippen molar-refractivity contribution in [1.29, 1.82) is 0 Å². The van der Waals surface area contributed by atoms with Crippen LogP contribution >= 0.6 is 22.6 Å². The Morgan fingerprint density at radius 2 is 2.36 bits per heavy atom. The molecule has 11 heavy (non-hydrogen) atoms. The number of methoxy groups -OCH3 is 1. The summed E-state index contributed by atoms with van der Waals surface area (Å²) in [5, 5.41) is 0. The molecule has 0 radical (unpaired) electrons. The fourth-order valence-corrected chi connectivity index (χ4v) is 2.40. The van der Waals surface area contributed by atoms with Crippen LogP contribution in [0, 0.1) is 0 Å². The van der Waals surface area contributed by atoms with E-state index in [2.05, 4.69) is 34.7 Å². The first kappa shape index (κ1) is 7.40. The summed E-state index contributed by atoms with van der Waals surface area (Å²) in [6.45, 7) is 0. The Morgan fingerprint density at radius 3 is 3.00 bits per heavy atom. The highest BCUT2D eigenvalue weighted by atomic mass is 127. The third-order valence-electron chi connectivity index (χ3n) is 2.09. The van der Waals surface area contributed by atoms with Gasteiger partial charge in [-0.3, -0.25) is 0 Å². The van der Waals surface area contributed by atoms with Gasteiger partial charge in [0.2, 0.25) is 0 Å². The van der Waals surface area contributed by atoms with E-state index in [0.717, 1.165) is 5.75 Å². The minimum absolute atomic E-state index is 0.706. The van der Waals surface area contributed by atoms with E-state index in [0.29, 0.717) is 3.92 Å². The predicted molar refractivity (Wildman–Crippen MR) is 53.5 cm³/mol. The lowest BCUT2D eigenvalue weighted by molar-refractivity contribution is 0.413. The van der Waals surface area contributed by atoms with E-state index in [9.17, 15) is 0 Å². The third-order valence-corrected chi connectivity index (χ3v) is 3.20. The van der Waals surface area contributed by atoms with Crippen LogP contribution in [-0.2, 0) is 6.42 Å². The molecule has 2 heteroatoms. The van der Waals surface area contributed by atoms with Gasteiger partial charge in [0.25, 0.3) is 0 Å². The van der Waals surface area contributed by atoms with Gasteiger partial charge >= 0.3 is 0 Å². The Labute approximate surface area is 79.9 Å². The number of hydrogen-bond donors (Lipinski definition) is 0. The Morgan fingerprint density at radius 1 is 1.55 bits per heavy atom. The van der Waals surface area contributed by atoms with Crippen molar-refractivity contribution in [3.8, 4) is 5.75 Å². The average molecular weight is 260 g/mol. The molecule has 1 atom stereocenters. The first-order chi connectivity index (χ1) is 5.31. The Hall–Kier alpha value is -0.250. The molecule has 0 N–H and O–H groups in total. The van der Waals surface area contributed by atoms with E-state index in [1.165, 1.54) is 17.5 Å². The van der Waals surface area contributed by atoms with Crippen LogP contribution in [0.5, 0.6) is 5.75 Å². The number of fused-ring (bicyclic) bond motifs is 1. The summed E-state index contributed by atoms with van der Waals surface area (Å²) in [5.41, 5.74) is 2.93. The fraction of sp³-hybridized carbons (Fsp3) is 0.333. The molecule has 1 aromatic rings. The highest BCUT2D eigenvalue weighted by Gasteiger charge is 2.23. The smallest absolute Gasteiger partial charge is 0.119 e. The van der Waals surface area contributed by atoms with Gasteiger partial charge in [-0.05, 0) is 29.7 Å². The third kappa shape index (κ3) is 1.13. The summed E-state index contributed by atoms with van der Waals surface area (Å²) in [6, 6.07) is 6.32. The molecule has 1 aromatic carbocycles. The standard InChI is InChI=1S/C9H9IO/c1-11-7-3-2-6-4-9(10)8(6)5-7/h2-3,5,9H,4H2,1H3. The molecule has 0 saturated carbocycles. The van der Waals surface area contributed by atoms with Crippen LogP contribution in [0.2, 0.25) is 0 Å². The number of benzene rings is 1. The van der Waals surface area contributed by atoms with E-state index >= 15 is 0 Å². The highest BCUT2D eigenvalue weighted by Crippen LogP contribution is 2.41. The maximum Gasteiger partial charge on any atom is 0.119 e. The maximum absolute atomic E-state index is 5.13. The molecule has 0 spiro atoms. The quantitative estimate of drug-likeness (QED) is 0.557. The lowest BCUT2D eigenvalue weighted by Gasteiger charge is -2.25. The Bertz CT molecular complexity index is 283. The summed E-state index contributed by atoms with van der Waals surface area (Å²) in [4.78, 5) is 0. The summed E-state index contributed by atoms with van der Waals surface area (Å²) in [6.07, 6.45) is 1.22. The van der Waals surface area contributed by atoms with Gasteiger partial charge in [0.05, 0.1) is 7.11 Å². The van der Waals surface area contributed by atoms with Crippen molar-refractivity contribution >= 4 is 22.6 Å². The van der Waals surface area contributed by atoms with Gasteiger partial charge in [0.15, 0.2) is 0 Å². The van der Waals surface area contributed by atoms with Crippen LogP contribution in [0.3, 0.4) is 0 Å². The minimum Gasteiger partial charge on any atom is -0.497 e. The SMILES string of the molecule is COc1ccc2c(c1)C(I)C2. The molecule has 0 aliphatic heterocycles. The second-order valence-corrected chi connectivity index (χ2v) is 4.24. The number of halogens is 1. The monoisotopic (exact) mass is 260 g/mol. The molecular weight excluding hydrogens is 251 g/mol. The second-order valence-electron chi connectivity index (χ2n) is 2.74. The fourth-order valence-electron chi connectivity index (χ4n) is 1.35. The number of ether oxygens (including phenoxy) is 1. The van der Waals surface area contributed by atoms with Crippen LogP contribution in [0.1, 0.15) is 15.1 Å². The van der Waals surface area contributed by atoms with Gasteiger partial charge < -0.3 is 4.74 Å². The number of alkyl halides is 1. The molecule has 0 fully saturated rings. The number of rotatable bonds is 1. The van der Waals surface area contributed by atoms with Crippen molar-refractivity contribution in [3.63, 3.8) is 0 Å². The molecule has 1 aliphatic carbocycles. The van der Waals surface area contributed by atoms with Gasteiger partial charge in [-0.1, -0.05) is 28.7 Å². The molecule has 2 rings (SSSR count). The van der Waals surface area contributed by atoms with E-state index < -0.39 is 0 Å². The van der Waals surface area contributed by atoms with E-state index in [1.54, 1.807) is 7.11 Å². The molecule has 1 aliphatic rings. The maximum atomic E-state index is 5.13. The average Bonchev–Trinajstić information content (AvgIpc) is 2.03. The van der Waals surface area contributed by atoms with Crippen molar-refractivity contribution in [2.24, 2.45) is 0 Å². The lowest BCUT2D eigenvalue weighted by atomic mass is 9.88. The topological polar surface area (TPSA) is 9.23 Å². The van der Waals surface area contributed by atoms with E-state index in [1.807, 2.05) is 6.07 Å². The van der Waals surface area contributed by atoms with Crippen molar-refractivity contribution in [1.82, 2.24) is 0 Å². The van der Waals surface area contributed by atoms with Crippen molar-refractivity contribution in [2.75, 3.05) is 7.11 Å². The highest BCUT2D eigenvalue weighted by molar-refractivity contribution is 14.1. The molecule has 1 nitrogen and oxygen atoms in total. The predicted octanol–water partition coefficient (Wildman–Crippen LogP) is 2.73. The molecule has 0 saturated heterocycles. The molecule has 0 bridgehead atoms. The zero-order chi connectivity index (χ0) is 7.84. The minimum atomic E-state index is 0.706. The molecular formula is C9H9IO. The molecule has 0 aromatic heterocycles. The van der Waals surface area contributed by atoms with Gasteiger partial charge in [0.1, 0.15) is 5.75 Å². The zero-order valence-corrected chi connectivity index (χ0v) is 8.46. The molecule has 1 unspecified atom stereocenters. The van der Waals surface area contributed by atoms with Crippen LogP contribution in [0.4, 0.5) is 0 Å². The zero-order valence-electron chi connectivity index (χ0n) is 6.30. The molecule has 58 valence electrons. The molecule has 0 heterocycles. The van der Waals surface area contributed by atoms with Gasteiger partial charge in [-0.15, -0.1) is 0 Å². The first-order valence-electron chi connectivity index (χ1n) is 3.62. The second kappa shape index (κ2) is 2.66. The van der Waals surface area contributed by atoms with Crippen molar-refractivity contribution in [3.05, 3.63) is 29.3 Å². The summed E-state index contributed by atoms with van der Waals surface area (Å²) >= 11 is 2.46. The lowest BCUT2D eigenvalue weighted by Crippen LogP contribution is -2.10. The first-order valence-corrected chi connectivity index (χ1v) is 4.86. The number of hydrogen-bond acceptors (Lipinski definition) is 1. The van der Waals surface area contributed by atoms with Crippen LogP contribution < -0.4 is 4.74 Å². The van der Waals surface area contributed by atoms with Gasteiger partial charge in [0, 0.05) is 3.92 Å². The van der Waals surface area contributed by atoms with Gasteiger partial charge in [-0.25, -0.2) is 0 Å². The van der Waals surface area contributed by atoms with Gasteiger partial charge in [-0.2, -0.15) is 0 Å².